The Hall–Kier alpha value is -1.45. The second-order valence-corrected chi connectivity index (χ2v) is 7.53. The summed E-state index contributed by atoms with van der Waals surface area (Å²) in [6.45, 7) is 0. The van der Waals surface area contributed by atoms with Gasteiger partial charge in [-0.1, -0.05) is 6.07 Å². The Labute approximate surface area is 153 Å². The molecular formula is C14H12BClN2O4S2. The Kier molecular flexibility index (Phi) is 5.22. The van der Waals surface area contributed by atoms with E-state index in [1.54, 1.807) is 5.41 Å². The second kappa shape index (κ2) is 7.20. The molecule has 2 aliphatic heterocycles. The summed E-state index contributed by atoms with van der Waals surface area (Å²) in [4.78, 5) is 38.6. The molecule has 0 bridgehead atoms. The lowest BCUT2D eigenvalue weighted by molar-refractivity contribution is -0.158. The Morgan fingerprint density at radius 3 is 2.88 bits per heavy atom. The van der Waals surface area contributed by atoms with Crippen molar-refractivity contribution in [1.82, 2.24) is 10.2 Å². The number of alkyl halides is 1. The maximum atomic E-state index is 12.4. The van der Waals surface area contributed by atoms with Gasteiger partial charge in [-0.25, -0.2) is 0 Å². The van der Waals surface area contributed by atoms with E-state index in [-0.39, 0.29) is 29.5 Å². The highest BCUT2D eigenvalue weighted by Crippen LogP contribution is 2.40. The summed E-state index contributed by atoms with van der Waals surface area (Å²) in [5.74, 6) is -1.25. The lowest BCUT2D eigenvalue weighted by atomic mass is 9.98. The average Bonchev–Trinajstić information content (AvgIpc) is 3.10. The number of thioether (sulfide) groups is 1. The first-order valence-electron chi connectivity index (χ1n) is 7.01. The van der Waals surface area contributed by atoms with Gasteiger partial charge in [0.15, 0.2) is 6.04 Å². The van der Waals surface area contributed by atoms with E-state index in [0.717, 1.165) is 4.88 Å². The number of nitrogens with zero attached hydrogens (tertiary/aromatic N) is 1. The van der Waals surface area contributed by atoms with E-state index < -0.39 is 18.1 Å². The number of rotatable bonds is 5. The monoisotopic (exact) mass is 382 g/mol. The molecule has 2 radical (unpaired) electrons. The van der Waals surface area contributed by atoms with Crippen LogP contribution in [0.3, 0.4) is 0 Å². The average molecular weight is 383 g/mol. The molecule has 3 rings (SSSR count). The van der Waals surface area contributed by atoms with Gasteiger partial charge in [0, 0.05) is 10.8 Å². The molecule has 0 saturated carbocycles. The Morgan fingerprint density at radius 1 is 1.46 bits per heavy atom. The Bertz CT molecular complexity index is 697. The molecule has 1 fully saturated rings. The van der Waals surface area contributed by atoms with Crippen molar-refractivity contribution >= 4 is 60.5 Å². The number of hydrogen-bond donors (Lipinski definition) is 1. The zero-order valence-corrected chi connectivity index (χ0v) is 14.7. The van der Waals surface area contributed by atoms with E-state index >= 15 is 0 Å². The number of fused-ring (bicyclic) bond motifs is 1. The second-order valence-electron chi connectivity index (χ2n) is 5.24. The van der Waals surface area contributed by atoms with Crippen LogP contribution in [0.15, 0.2) is 28.5 Å². The molecule has 3 heterocycles. The number of halogens is 1. The Morgan fingerprint density at radius 2 is 2.25 bits per heavy atom. The number of β-lactam (4-membered cyclic amide) rings is 1. The van der Waals surface area contributed by atoms with Gasteiger partial charge in [0.1, 0.15) is 11.4 Å². The van der Waals surface area contributed by atoms with Crippen LogP contribution in [0.2, 0.25) is 0 Å². The predicted molar refractivity (Wildman–Crippen MR) is 92.6 cm³/mol. The zero-order valence-electron chi connectivity index (χ0n) is 12.3. The van der Waals surface area contributed by atoms with Gasteiger partial charge in [0.05, 0.1) is 6.42 Å². The minimum Gasteiger partial charge on any atom is -0.542 e. The van der Waals surface area contributed by atoms with Crippen molar-refractivity contribution in [2.24, 2.45) is 0 Å². The standard InChI is InChI=1S/C14H12BClN2O4S2/c15-22-14(21)11-7(5-16)6-24-13-10(12(20)18(11)13)17-9(19)4-8-2-1-3-23-8/h1-3,6,10-11,13H,4-5H2,(H,17,19)/t10-,11-,13-/m1/s1. The normalized spacial score (nSPS) is 25.4. The van der Waals surface area contributed by atoms with Gasteiger partial charge in [0.25, 0.3) is 0 Å². The summed E-state index contributed by atoms with van der Waals surface area (Å²) in [6.07, 6.45) is 0.218. The number of thiophene rings is 1. The molecule has 0 spiro atoms. The lowest BCUT2D eigenvalue weighted by Gasteiger charge is -2.51. The fourth-order valence-corrected chi connectivity index (χ4v) is 4.91. The molecule has 1 aromatic heterocycles. The first-order valence-corrected chi connectivity index (χ1v) is 9.37. The van der Waals surface area contributed by atoms with Crippen LogP contribution < -0.4 is 5.32 Å². The van der Waals surface area contributed by atoms with Crippen LogP contribution in [-0.4, -0.2) is 54.1 Å². The molecule has 2 amide bonds. The van der Waals surface area contributed by atoms with Crippen molar-refractivity contribution in [2.45, 2.75) is 23.9 Å². The lowest BCUT2D eigenvalue weighted by Crippen LogP contribution is -2.74. The van der Waals surface area contributed by atoms with Gasteiger partial charge in [-0.3, -0.25) is 14.4 Å². The van der Waals surface area contributed by atoms with Gasteiger partial charge in [0.2, 0.25) is 11.8 Å². The first-order chi connectivity index (χ1) is 11.6. The third-order valence-corrected chi connectivity index (χ3v) is 6.20. The van der Waals surface area contributed by atoms with Gasteiger partial charge in [-0.2, -0.15) is 0 Å². The van der Waals surface area contributed by atoms with Crippen molar-refractivity contribution in [1.29, 1.82) is 0 Å². The maximum Gasteiger partial charge on any atom is 0.378 e. The predicted octanol–water partition coefficient (Wildman–Crippen LogP) is 0.808. The highest BCUT2D eigenvalue weighted by molar-refractivity contribution is 8.03. The topological polar surface area (TPSA) is 75.7 Å². The number of carbonyl (C=O) groups excluding carboxylic acids is 3. The molecule has 1 saturated heterocycles. The fraction of sp³-hybridized carbons (Fsp3) is 0.357. The number of carbonyl (C=O) groups is 3. The van der Waals surface area contributed by atoms with Crippen molar-refractivity contribution in [3.63, 3.8) is 0 Å². The SMILES string of the molecule is [B]OC(=O)[C@H]1C(CCl)=CS[C@@H]2[C@H](NC(=O)Cc3cccs3)C(=O)N12. The fourth-order valence-electron chi connectivity index (χ4n) is 2.67. The highest BCUT2D eigenvalue weighted by atomic mass is 35.5. The molecule has 0 aromatic carbocycles. The molecule has 1 N–H and O–H groups in total. The molecule has 124 valence electrons. The zero-order chi connectivity index (χ0) is 17.3. The van der Waals surface area contributed by atoms with Crippen molar-refractivity contribution in [3.8, 4) is 0 Å². The summed E-state index contributed by atoms with van der Waals surface area (Å²) in [6, 6.07) is 2.11. The molecular weight excluding hydrogens is 371 g/mol. The van der Waals surface area contributed by atoms with Gasteiger partial charge < -0.3 is 14.9 Å². The molecule has 0 unspecified atom stereocenters. The van der Waals surface area contributed by atoms with E-state index in [0.29, 0.717) is 5.57 Å². The van der Waals surface area contributed by atoms with Gasteiger partial charge in [-0.15, -0.1) is 34.7 Å². The van der Waals surface area contributed by atoms with E-state index in [2.05, 4.69) is 9.97 Å². The molecule has 10 heteroatoms. The highest BCUT2D eigenvalue weighted by Gasteiger charge is 2.55. The largest absolute Gasteiger partial charge is 0.542 e. The smallest absolute Gasteiger partial charge is 0.378 e. The maximum absolute atomic E-state index is 12.4. The van der Waals surface area contributed by atoms with Crippen LogP contribution >= 0.6 is 34.7 Å². The molecule has 3 atom stereocenters. The third kappa shape index (κ3) is 3.08. The molecule has 24 heavy (non-hydrogen) atoms. The summed E-state index contributed by atoms with van der Waals surface area (Å²) in [5.41, 5.74) is 0.546. The van der Waals surface area contributed by atoms with Crippen molar-refractivity contribution < 1.29 is 19.0 Å². The van der Waals surface area contributed by atoms with Crippen molar-refractivity contribution in [2.75, 3.05) is 5.88 Å². The molecule has 6 nitrogen and oxygen atoms in total. The summed E-state index contributed by atoms with van der Waals surface area (Å²) < 4.78 is 4.28. The molecule has 2 aliphatic rings. The minimum absolute atomic E-state index is 0.0820. The quantitative estimate of drug-likeness (QED) is 0.463. The third-order valence-electron chi connectivity index (χ3n) is 3.79. The molecule has 1 aromatic rings. The summed E-state index contributed by atoms with van der Waals surface area (Å²) in [5, 5.41) is 5.96. The molecule has 0 aliphatic carbocycles. The van der Waals surface area contributed by atoms with E-state index in [4.69, 9.17) is 19.7 Å². The van der Waals surface area contributed by atoms with Gasteiger partial charge in [-0.05, 0) is 22.4 Å². The van der Waals surface area contributed by atoms with Gasteiger partial charge >= 0.3 is 14.0 Å². The van der Waals surface area contributed by atoms with Crippen LogP contribution in [0.4, 0.5) is 0 Å². The number of nitrogens with one attached hydrogen (secondary N) is 1. The van der Waals surface area contributed by atoms with E-state index in [9.17, 15) is 14.4 Å². The number of hydrogen-bond acceptors (Lipinski definition) is 6. The van der Waals surface area contributed by atoms with Crippen LogP contribution in [-0.2, 0) is 25.5 Å². The summed E-state index contributed by atoms with van der Waals surface area (Å²) >= 11 is 8.64. The van der Waals surface area contributed by atoms with Crippen molar-refractivity contribution in [3.05, 3.63) is 33.4 Å². The van der Waals surface area contributed by atoms with E-state index in [1.165, 1.54) is 28.0 Å². The number of amides is 2. The Balaban J connectivity index is 1.69. The van der Waals surface area contributed by atoms with Crippen LogP contribution in [0.25, 0.3) is 0 Å². The van der Waals surface area contributed by atoms with E-state index in [1.807, 2.05) is 17.5 Å². The minimum atomic E-state index is -0.934. The van der Waals surface area contributed by atoms with Crippen LogP contribution in [0.5, 0.6) is 0 Å². The summed E-state index contributed by atoms with van der Waals surface area (Å²) in [7, 11) is 4.95. The van der Waals surface area contributed by atoms with Crippen LogP contribution in [0.1, 0.15) is 4.88 Å². The first kappa shape index (κ1) is 17.4. The van der Waals surface area contributed by atoms with Crippen LogP contribution in [0, 0.1) is 0 Å².